The Labute approximate surface area is 186 Å². The lowest BCUT2D eigenvalue weighted by Crippen LogP contribution is -2.43. The number of carbonyl (C=O) groups is 4. The fourth-order valence-corrected chi connectivity index (χ4v) is 2.55. The van der Waals surface area contributed by atoms with Crippen molar-refractivity contribution in [3.05, 3.63) is 71.8 Å². The third kappa shape index (κ3) is 9.86. The maximum atomic E-state index is 12.0. The molecule has 0 unspecified atom stereocenters. The number of amides is 2. The van der Waals surface area contributed by atoms with Crippen LogP contribution in [0.5, 0.6) is 0 Å². The van der Waals surface area contributed by atoms with Crippen LogP contribution in [0, 0.1) is 0 Å². The van der Waals surface area contributed by atoms with E-state index in [1.165, 1.54) is 0 Å². The average molecular weight is 441 g/mol. The molecular formula is C23H27N3O6. The van der Waals surface area contributed by atoms with Gasteiger partial charge in [0.1, 0.15) is 26.3 Å². The van der Waals surface area contributed by atoms with Crippen molar-refractivity contribution in [3.8, 4) is 0 Å². The zero-order valence-corrected chi connectivity index (χ0v) is 17.6. The predicted molar refractivity (Wildman–Crippen MR) is 116 cm³/mol. The average Bonchev–Trinajstić information content (AvgIpc) is 2.83. The molecule has 0 bridgehead atoms. The van der Waals surface area contributed by atoms with Gasteiger partial charge in [0.15, 0.2) is 0 Å². The monoisotopic (exact) mass is 441 g/mol. The zero-order chi connectivity index (χ0) is 23.2. The van der Waals surface area contributed by atoms with E-state index >= 15 is 0 Å². The van der Waals surface area contributed by atoms with E-state index in [2.05, 4.69) is 10.6 Å². The van der Waals surface area contributed by atoms with Crippen molar-refractivity contribution in [3.63, 3.8) is 0 Å². The summed E-state index contributed by atoms with van der Waals surface area (Å²) in [6.45, 7) is -0.372. The van der Waals surface area contributed by atoms with Gasteiger partial charge in [0.25, 0.3) is 0 Å². The number of esters is 2. The van der Waals surface area contributed by atoms with Gasteiger partial charge in [-0.1, -0.05) is 60.7 Å². The molecule has 2 aromatic carbocycles. The van der Waals surface area contributed by atoms with Gasteiger partial charge in [0, 0.05) is 6.42 Å². The van der Waals surface area contributed by atoms with E-state index in [0.717, 1.165) is 11.1 Å². The summed E-state index contributed by atoms with van der Waals surface area (Å²) < 4.78 is 10.1. The Kier molecular flexibility index (Phi) is 10.4. The molecule has 32 heavy (non-hydrogen) atoms. The van der Waals surface area contributed by atoms with Gasteiger partial charge in [-0.15, -0.1) is 0 Å². The van der Waals surface area contributed by atoms with E-state index in [9.17, 15) is 19.2 Å². The molecule has 0 saturated carbocycles. The molecule has 0 aliphatic heterocycles. The molecule has 170 valence electrons. The Morgan fingerprint density at radius 1 is 0.750 bits per heavy atom. The van der Waals surface area contributed by atoms with Gasteiger partial charge in [0.2, 0.25) is 11.8 Å². The van der Waals surface area contributed by atoms with Crippen molar-refractivity contribution in [2.75, 3.05) is 13.1 Å². The molecule has 0 radical (unpaired) electrons. The number of nitrogens with one attached hydrogen (secondary N) is 2. The molecule has 1 atom stereocenters. The highest BCUT2D eigenvalue weighted by atomic mass is 16.5. The summed E-state index contributed by atoms with van der Waals surface area (Å²) in [5.74, 6) is -2.18. The van der Waals surface area contributed by atoms with Gasteiger partial charge in [-0.3, -0.25) is 19.2 Å². The Hall–Kier alpha value is -3.72. The molecule has 0 spiro atoms. The number of hydrogen-bond donors (Lipinski definition) is 3. The maximum absolute atomic E-state index is 12.0. The first-order valence-electron chi connectivity index (χ1n) is 10.1. The van der Waals surface area contributed by atoms with Crippen molar-refractivity contribution >= 4 is 23.8 Å². The van der Waals surface area contributed by atoms with Crippen molar-refractivity contribution < 1.29 is 28.7 Å². The molecule has 0 aromatic heterocycles. The Morgan fingerprint density at radius 3 is 1.72 bits per heavy atom. The molecular weight excluding hydrogens is 414 g/mol. The summed E-state index contributed by atoms with van der Waals surface area (Å²) in [6, 6.07) is 17.3. The summed E-state index contributed by atoms with van der Waals surface area (Å²) in [5.41, 5.74) is 7.42. The molecule has 9 nitrogen and oxygen atoms in total. The van der Waals surface area contributed by atoms with Crippen LogP contribution in [-0.2, 0) is 41.9 Å². The second-order valence-corrected chi connectivity index (χ2v) is 6.93. The van der Waals surface area contributed by atoms with E-state index in [4.69, 9.17) is 15.2 Å². The van der Waals surface area contributed by atoms with Crippen LogP contribution in [0.2, 0.25) is 0 Å². The highest BCUT2D eigenvalue weighted by Crippen LogP contribution is 2.02. The second kappa shape index (κ2) is 13.6. The topological polar surface area (TPSA) is 137 Å². The molecule has 0 fully saturated rings. The summed E-state index contributed by atoms with van der Waals surface area (Å²) in [4.78, 5) is 47.2. The Morgan fingerprint density at radius 2 is 1.22 bits per heavy atom. The van der Waals surface area contributed by atoms with Gasteiger partial charge in [-0.2, -0.15) is 0 Å². The third-order valence-corrected chi connectivity index (χ3v) is 4.34. The molecule has 0 saturated heterocycles. The second-order valence-electron chi connectivity index (χ2n) is 6.93. The summed E-state index contributed by atoms with van der Waals surface area (Å²) >= 11 is 0. The van der Waals surface area contributed by atoms with Crippen LogP contribution in [0.4, 0.5) is 0 Å². The Bertz CT molecular complexity index is 889. The number of hydrogen-bond acceptors (Lipinski definition) is 7. The number of ether oxygens (including phenoxy) is 2. The van der Waals surface area contributed by atoms with E-state index in [0.29, 0.717) is 0 Å². The third-order valence-electron chi connectivity index (χ3n) is 4.34. The standard InChI is InChI=1S/C23H27N3O6/c24-19(23(30)26-14-22(29)32-16-18-9-5-2-6-10-18)11-12-20(27)25-13-21(28)31-15-17-7-3-1-4-8-17/h1-10,19H,11-16,24H2,(H,25,27)(H,26,30)/t19-/m0/s1. The lowest BCUT2D eigenvalue weighted by Gasteiger charge is -2.12. The van der Waals surface area contributed by atoms with Crippen molar-refractivity contribution in [1.29, 1.82) is 0 Å². The smallest absolute Gasteiger partial charge is 0.325 e. The van der Waals surface area contributed by atoms with E-state index in [-0.39, 0.29) is 39.1 Å². The molecule has 0 aliphatic rings. The fourth-order valence-electron chi connectivity index (χ4n) is 2.55. The van der Waals surface area contributed by atoms with Gasteiger partial charge >= 0.3 is 11.9 Å². The number of nitrogens with two attached hydrogens (primary N) is 1. The predicted octanol–water partition coefficient (Wildman–Crippen LogP) is 0.813. The minimum atomic E-state index is -0.979. The first-order valence-corrected chi connectivity index (χ1v) is 10.1. The van der Waals surface area contributed by atoms with Crippen molar-refractivity contribution in [1.82, 2.24) is 10.6 Å². The number of carbonyl (C=O) groups excluding carboxylic acids is 4. The highest BCUT2D eigenvalue weighted by molar-refractivity contribution is 5.86. The Balaban J connectivity index is 1.56. The van der Waals surface area contributed by atoms with E-state index in [1.807, 2.05) is 60.7 Å². The quantitative estimate of drug-likeness (QED) is 0.415. The first-order chi connectivity index (χ1) is 15.4. The lowest BCUT2D eigenvalue weighted by atomic mass is 10.1. The largest absolute Gasteiger partial charge is 0.460 e. The van der Waals surface area contributed by atoms with Crippen LogP contribution < -0.4 is 16.4 Å². The van der Waals surface area contributed by atoms with Gasteiger partial charge in [-0.05, 0) is 17.5 Å². The summed E-state index contributed by atoms with van der Waals surface area (Å²) in [7, 11) is 0. The summed E-state index contributed by atoms with van der Waals surface area (Å²) in [6.07, 6.45) is -0.00516. The number of rotatable bonds is 12. The first kappa shape index (κ1) is 24.5. The van der Waals surface area contributed by atoms with E-state index in [1.54, 1.807) is 0 Å². The van der Waals surface area contributed by atoms with Crippen LogP contribution >= 0.6 is 0 Å². The normalized spacial score (nSPS) is 11.2. The van der Waals surface area contributed by atoms with E-state index < -0.39 is 29.8 Å². The molecule has 4 N–H and O–H groups in total. The minimum Gasteiger partial charge on any atom is -0.460 e. The van der Waals surface area contributed by atoms with Gasteiger partial charge in [-0.25, -0.2) is 0 Å². The lowest BCUT2D eigenvalue weighted by molar-refractivity contribution is -0.145. The minimum absolute atomic E-state index is 0.0514. The molecule has 2 aromatic rings. The SMILES string of the molecule is N[C@@H](CCC(=O)NCC(=O)OCc1ccccc1)C(=O)NCC(=O)OCc1ccccc1. The van der Waals surface area contributed by atoms with Crippen LogP contribution in [-0.4, -0.2) is 42.9 Å². The maximum Gasteiger partial charge on any atom is 0.325 e. The highest BCUT2D eigenvalue weighted by Gasteiger charge is 2.17. The van der Waals surface area contributed by atoms with Crippen LogP contribution in [0.1, 0.15) is 24.0 Å². The summed E-state index contributed by atoms with van der Waals surface area (Å²) in [5, 5.41) is 4.80. The van der Waals surface area contributed by atoms with Gasteiger partial charge in [0.05, 0.1) is 6.04 Å². The molecule has 0 aliphatic carbocycles. The molecule has 0 heterocycles. The van der Waals surface area contributed by atoms with Crippen molar-refractivity contribution in [2.45, 2.75) is 32.1 Å². The number of benzene rings is 2. The zero-order valence-electron chi connectivity index (χ0n) is 17.6. The molecule has 2 rings (SSSR count). The molecule has 9 heteroatoms. The van der Waals surface area contributed by atoms with Crippen LogP contribution in [0.25, 0.3) is 0 Å². The molecule has 2 amide bonds. The van der Waals surface area contributed by atoms with Crippen molar-refractivity contribution in [2.24, 2.45) is 5.73 Å². The van der Waals surface area contributed by atoms with Gasteiger partial charge < -0.3 is 25.8 Å². The van der Waals surface area contributed by atoms with Crippen LogP contribution in [0.3, 0.4) is 0 Å². The fraction of sp³-hybridized carbons (Fsp3) is 0.304. The van der Waals surface area contributed by atoms with Crippen LogP contribution in [0.15, 0.2) is 60.7 Å².